The Bertz CT molecular complexity index is 623. The molecular formula is C12H12N2O4S. The molecule has 0 saturated heterocycles. The van der Waals surface area contributed by atoms with Crippen LogP contribution in [-0.2, 0) is 9.53 Å². The van der Waals surface area contributed by atoms with Gasteiger partial charge in [0, 0.05) is 16.6 Å². The summed E-state index contributed by atoms with van der Waals surface area (Å²) in [5.74, 6) is -0.352. The lowest BCUT2D eigenvalue weighted by Crippen LogP contribution is -2.10. The lowest BCUT2D eigenvalue weighted by molar-refractivity contribution is -0.379. The van der Waals surface area contributed by atoms with Gasteiger partial charge in [-0.2, -0.15) is 0 Å². The zero-order chi connectivity index (χ0) is 13.8. The SMILES string of the molecule is COC(=O)CCNc1c([N+](=O)[O-])sc2ccccc12. The maximum Gasteiger partial charge on any atom is 0.348 e. The van der Waals surface area contributed by atoms with Gasteiger partial charge in [-0.15, -0.1) is 0 Å². The van der Waals surface area contributed by atoms with Gasteiger partial charge in [-0.1, -0.05) is 29.5 Å². The Morgan fingerprint density at radius 3 is 2.89 bits per heavy atom. The Balaban J connectivity index is 2.26. The Kier molecular flexibility index (Phi) is 3.96. The molecule has 1 N–H and O–H groups in total. The minimum absolute atomic E-state index is 0.0612. The number of fused-ring (bicyclic) bond motifs is 1. The molecule has 1 aromatic carbocycles. The summed E-state index contributed by atoms with van der Waals surface area (Å²) in [5.41, 5.74) is 0.467. The molecule has 0 fully saturated rings. The van der Waals surface area contributed by atoms with E-state index in [0.717, 1.165) is 21.4 Å². The average Bonchev–Trinajstić information content (AvgIpc) is 2.78. The number of hydrogen-bond donors (Lipinski definition) is 1. The molecule has 1 aromatic heterocycles. The molecule has 0 spiro atoms. The first kappa shape index (κ1) is 13.3. The third-order valence-corrected chi connectivity index (χ3v) is 3.72. The first-order valence-electron chi connectivity index (χ1n) is 5.60. The third kappa shape index (κ3) is 2.82. The molecule has 0 radical (unpaired) electrons. The summed E-state index contributed by atoms with van der Waals surface area (Å²) in [7, 11) is 1.31. The quantitative estimate of drug-likeness (QED) is 0.517. The highest BCUT2D eigenvalue weighted by atomic mass is 32.1. The molecule has 0 saturated carbocycles. The standard InChI is InChI=1S/C12H12N2O4S/c1-18-10(15)6-7-13-11-8-4-2-3-5-9(8)19-12(11)14(16)17/h2-5,13H,6-7H2,1H3. The minimum atomic E-state index is -0.412. The number of nitrogens with zero attached hydrogens (tertiary/aromatic N) is 1. The van der Waals surface area contributed by atoms with Crippen LogP contribution in [-0.4, -0.2) is 24.5 Å². The number of nitrogens with one attached hydrogen (secondary N) is 1. The van der Waals surface area contributed by atoms with Gasteiger partial charge in [0.2, 0.25) is 0 Å². The van der Waals surface area contributed by atoms with Crippen LogP contribution in [0.15, 0.2) is 24.3 Å². The number of nitro groups is 1. The Labute approximate surface area is 113 Å². The summed E-state index contributed by atoms with van der Waals surface area (Å²) in [6.45, 7) is 0.300. The van der Waals surface area contributed by atoms with E-state index in [-0.39, 0.29) is 17.4 Å². The summed E-state index contributed by atoms with van der Waals surface area (Å²) >= 11 is 1.12. The molecule has 2 rings (SSSR count). The topological polar surface area (TPSA) is 81.5 Å². The van der Waals surface area contributed by atoms with E-state index >= 15 is 0 Å². The van der Waals surface area contributed by atoms with E-state index in [4.69, 9.17) is 0 Å². The van der Waals surface area contributed by atoms with Gasteiger partial charge in [0.25, 0.3) is 0 Å². The zero-order valence-corrected chi connectivity index (χ0v) is 11.0. The lowest BCUT2D eigenvalue weighted by atomic mass is 10.2. The van der Waals surface area contributed by atoms with Crippen LogP contribution in [0.25, 0.3) is 10.1 Å². The van der Waals surface area contributed by atoms with E-state index in [1.165, 1.54) is 7.11 Å². The van der Waals surface area contributed by atoms with Crippen molar-refractivity contribution in [1.29, 1.82) is 0 Å². The van der Waals surface area contributed by atoms with Crippen LogP contribution < -0.4 is 5.32 Å². The molecule has 7 heteroatoms. The van der Waals surface area contributed by atoms with E-state index in [1.807, 2.05) is 24.3 Å². The number of thiophene rings is 1. The number of carbonyl (C=O) groups is 1. The summed E-state index contributed by atoms with van der Waals surface area (Å²) in [6.07, 6.45) is 0.165. The lowest BCUT2D eigenvalue weighted by Gasteiger charge is -2.03. The fraction of sp³-hybridized carbons (Fsp3) is 0.250. The molecule has 0 aliphatic carbocycles. The van der Waals surface area contributed by atoms with Crippen molar-refractivity contribution in [2.45, 2.75) is 6.42 Å². The Morgan fingerprint density at radius 1 is 1.47 bits per heavy atom. The van der Waals surface area contributed by atoms with Crippen LogP contribution in [0.5, 0.6) is 0 Å². The molecule has 0 aliphatic rings. The summed E-state index contributed by atoms with van der Waals surface area (Å²) in [4.78, 5) is 21.6. The number of carbonyl (C=O) groups excluding carboxylic acids is 1. The maximum absolute atomic E-state index is 11.0. The van der Waals surface area contributed by atoms with Crippen LogP contribution in [0.4, 0.5) is 10.7 Å². The molecule has 19 heavy (non-hydrogen) atoms. The van der Waals surface area contributed by atoms with Crippen molar-refractivity contribution in [1.82, 2.24) is 0 Å². The van der Waals surface area contributed by atoms with Gasteiger partial charge in [0.1, 0.15) is 5.69 Å². The van der Waals surface area contributed by atoms with Crippen molar-refractivity contribution in [3.05, 3.63) is 34.4 Å². The molecular weight excluding hydrogens is 268 g/mol. The average molecular weight is 280 g/mol. The van der Waals surface area contributed by atoms with Gasteiger partial charge in [0.05, 0.1) is 18.5 Å². The van der Waals surface area contributed by atoms with Crippen molar-refractivity contribution in [3.63, 3.8) is 0 Å². The van der Waals surface area contributed by atoms with Gasteiger partial charge in [-0.3, -0.25) is 14.9 Å². The van der Waals surface area contributed by atoms with Gasteiger partial charge in [0.15, 0.2) is 0 Å². The number of methoxy groups -OCH3 is 1. The monoisotopic (exact) mass is 280 g/mol. The first-order valence-corrected chi connectivity index (χ1v) is 6.41. The number of esters is 1. The maximum atomic E-state index is 11.0. The Hall–Kier alpha value is -2.15. The highest BCUT2D eigenvalue weighted by Crippen LogP contribution is 2.41. The van der Waals surface area contributed by atoms with E-state index in [2.05, 4.69) is 10.1 Å². The number of anilines is 1. The Morgan fingerprint density at radius 2 is 2.21 bits per heavy atom. The molecule has 100 valence electrons. The van der Waals surface area contributed by atoms with Gasteiger partial charge < -0.3 is 10.1 Å². The molecule has 0 bridgehead atoms. The third-order valence-electron chi connectivity index (χ3n) is 2.60. The summed E-state index contributed by atoms with van der Waals surface area (Å²) in [6, 6.07) is 7.31. The van der Waals surface area contributed by atoms with Gasteiger partial charge >= 0.3 is 11.0 Å². The molecule has 0 atom stereocenters. The van der Waals surface area contributed by atoms with Crippen molar-refractivity contribution >= 4 is 38.1 Å². The number of ether oxygens (including phenoxy) is 1. The fourth-order valence-electron chi connectivity index (χ4n) is 1.72. The smallest absolute Gasteiger partial charge is 0.348 e. The molecule has 1 heterocycles. The van der Waals surface area contributed by atoms with Crippen molar-refractivity contribution in [2.75, 3.05) is 19.0 Å². The number of rotatable bonds is 5. The predicted octanol–water partition coefficient (Wildman–Crippen LogP) is 2.78. The first-order chi connectivity index (χ1) is 9.13. The van der Waals surface area contributed by atoms with Crippen LogP contribution in [0.1, 0.15) is 6.42 Å². The summed E-state index contributed by atoms with van der Waals surface area (Å²) in [5, 5.41) is 14.8. The highest BCUT2D eigenvalue weighted by Gasteiger charge is 2.21. The number of hydrogen-bond acceptors (Lipinski definition) is 6. The van der Waals surface area contributed by atoms with Crippen molar-refractivity contribution in [2.24, 2.45) is 0 Å². The number of benzene rings is 1. The van der Waals surface area contributed by atoms with Crippen LogP contribution >= 0.6 is 11.3 Å². The second-order valence-electron chi connectivity index (χ2n) is 3.79. The predicted molar refractivity (Wildman–Crippen MR) is 73.6 cm³/mol. The molecule has 0 unspecified atom stereocenters. The van der Waals surface area contributed by atoms with E-state index in [0.29, 0.717) is 12.2 Å². The van der Waals surface area contributed by atoms with Crippen molar-refractivity contribution < 1.29 is 14.5 Å². The normalized spacial score (nSPS) is 10.4. The second kappa shape index (κ2) is 5.66. The van der Waals surface area contributed by atoms with E-state index < -0.39 is 4.92 Å². The second-order valence-corrected chi connectivity index (χ2v) is 4.82. The van der Waals surface area contributed by atoms with Gasteiger partial charge in [-0.25, -0.2) is 0 Å². The van der Waals surface area contributed by atoms with E-state index in [1.54, 1.807) is 0 Å². The molecule has 0 aliphatic heterocycles. The molecule has 2 aromatic rings. The molecule has 0 amide bonds. The zero-order valence-electron chi connectivity index (χ0n) is 10.2. The molecule has 6 nitrogen and oxygen atoms in total. The van der Waals surface area contributed by atoms with Crippen LogP contribution in [0.3, 0.4) is 0 Å². The van der Waals surface area contributed by atoms with Crippen LogP contribution in [0.2, 0.25) is 0 Å². The minimum Gasteiger partial charge on any atom is -0.469 e. The summed E-state index contributed by atoms with van der Waals surface area (Å²) < 4.78 is 5.37. The van der Waals surface area contributed by atoms with Crippen molar-refractivity contribution in [3.8, 4) is 0 Å². The highest BCUT2D eigenvalue weighted by molar-refractivity contribution is 7.23. The van der Waals surface area contributed by atoms with Crippen LogP contribution in [0, 0.1) is 10.1 Å². The largest absolute Gasteiger partial charge is 0.469 e. The van der Waals surface area contributed by atoms with E-state index in [9.17, 15) is 14.9 Å². The van der Waals surface area contributed by atoms with Gasteiger partial charge in [-0.05, 0) is 6.07 Å². The fourth-order valence-corrected chi connectivity index (χ4v) is 2.72.